The van der Waals surface area contributed by atoms with E-state index in [0.29, 0.717) is 50.5 Å². The Bertz CT molecular complexity index is 6940. The normalized spacial score (nSPS) is 16.4. The van der Waals surface area contributed by atoms with Crippen molar-refractivity contribution in [3.63, 3.8) is 0 Å². The van der Waals surface area contributed by atoms with Gasteiger partial charge in [-0.3, -0.25) is 23.8 Å². The molecule has 6 aromatic heterocycles. The van der Waals surface area contributed by atoms with E-state index in [0.717, 1.165) is 209 Å². The molecule has 0 amide bonds. The van der Waals surface area contributed by atoms with E-state index in [4.69, 9.17) is 98.2 Å². The lowest BCUT2D eigenvalue weighted by Crippen LogP contribution is -2.58. The number of ether oxygens (including phenoxy) is 7. The van der Waals surface area contributed by atoms with Crippen molar-refractivity contribution in [2.75, 3.05) is 65.8 Å². The van der Waals surface area contributed by atoms with Crippen LogP contribution >= 0.6 is 68.8 Å². The van der Waals surface area contributed by atoms with Gasteiger partial charge in [0.1, 0.15) is 15.0 Å². The predicted molar refractivity (Wildman–Crippen MR) is 530 cm³/mol. The minimum absolute atomic E-state index is 0.262. The third-order valence-corrected chi connectivity index (χ3v) is 29.5. The molecule has 132 heavy (non-hydrogen) atoms. The van der Waals surface area contributed by atoms with Gasteiger partial charge in [-0.1, -0.05) is 77.6 Å². The summed E-state index contributed by atoms with van der Waals surface area (Å²) < 4.78 is 49.8. The number of hydrogen-bond acceptors (Lipinski definition) is 21. The van der Waals surface area contributed by atoms with Gasteiger partial charge < -0.3 is 38.3 Å². The minimum Gasteiger partial charge on any atom is -0.479 e. The highest BCUT2D eigenvalue weighted by Crippen LogP contribution is 2.52. The lowest BCUT2D eigenvalue weighted by atomic mass is 9.82. The maximum atomic E-state index is 13.5. The first-order valence-electron chi connectivity index (χ1n) is 45.2. The lowest BCUT2D eigenvalue weighted by Gasteiger charge is -2.47. The summed E-state index contributed by atoms with van der Waals surface area (Å²) in [5.74, 6) is -0.518. The highest BCUT2D eigenvalue weighted by atomic mass is 35.5. The van der Waals surface area contributed by atoms with Gasteiger partial charge in [-0.25, -0.2) is 29.3 Å². The number of benzene rings is 9. The summed E-state index contributed by atoms with van der Waals surface area (Å²) in [7, 11) is 6.03. The number of aryl methyl sites for hydroxylation is 6. The number of aromatic nitrogens is 9. The summed E-state index contributed by atoms with van der Waals surface area (Å²) in [5, 5.41) is 33.3. The zero-order chi connectivity index (χ0) is 93.0. The fourth-order valence-corrected chi connectivity index (χ4v) is 22.3. The molecule has 3 atom stereocenters. The first-order valence-corrected chi connectivity index (χ1v) is 48.8. The van der Waals surface area contributed by atoms with Crippen LogP contribution in [-0.4, -0.2) is 172 Å². The van der Waals surface area contributed by atoms with Crippen molar-refractivity contribution in [2.45, 2.75) is 181 Å². The molecule has 22 nitrogen and oxygen atoms in total. The van der Waals surface area contributed by atoms with Gasteiger partial charge in [0.25, 0.3) is 0 Å². The molecule has 686 valence electrons. The average Bonchev–Trinajstić information content (AvgIpc) is 1.55. The Hall–Kier alpha value is -9.94. The number of esters is 2. The fourth-order valence-electron chi connectivity index (χ4n) is 18.6. The number of nitrogens with zero attached hydrogens (tertiary/aromatic N) is 11. The van der Waals surface area contributed by atoms with Crippen molar-refractivity contribution < 1.29 is 52.6 Å². The quantitative estimate of drug-likeness (QED) is 0.0621. The largest absolute Gasteiger partial charge is 0.479 e. The third-order valence-electron chi connectivity index (χ3n) is 25.3. The maximum Gasteiger partial charge on any atom is 0.339 e. The molecule has 9 aromatic carbocycles. The molecule has 4 aliphatic heterocycles. The van der Waals surface area contributed by atoms with E-state index in [-0.39, 0.29) is 13.2 Å². The number of fused-ring (bicyclic) bond motifs is 6. The van der Waals surface area contributed by atoms with Crippen molar-refractivity contribution in [1.29, 1.82) is 0 Å². The summed E-state index contributed by atoms with van der Waals surface area (Å²) in [6.07, 6.45) is 0.690. The molecular weight excluding hydrogens is 1780 g/mol. The third kappa shape index (κ3) is 18.7. The lowest BCUT2D eigenvalue weighted by molar-refractivity contribution is -0.167. The second-order valence-electron chi connectivity index (χ2n) is 38.3. The van der Waals surface area contributed by atoms with E-state index in [1.807, 2.05) is 211 Å². The van der Waals surface area contributed by atoms with E-state index in [9.17, 15) is 19.5 Å². The summed E-state index contributed by atoms with van der Waals surface area (Å²) >= 11 is 23.7. The summed E-state index contributed by atoms with van der Waals surface area (Å²) in [6.45, 7) is 34.8. The molecule has 1 aliphatic carbocycles. The van der Waals surface area contributed by atoms with Gasteiger partial charge in [0.2, 0.25) is 0 Å². The Morgan fingerprint density at radius 2 is 0.712 bits per heavy atom. The van der Waals surface area contributed by atoms with Crippen LogP contribution in [0, 0.1) is 20.8 Å². The van der Waals surface area contributed by atoms with Gasteiger partial charge >= 0.3 is 17.9 Å². The Kier molecular flexibility index (Phi) is 26.0. The smallest absolute Gasteiger partial charge is 0.339 e. The molecule has 1 saturated carbocycles. The molecule has 5 fully saturated rings. The van der Waals surface area contributed by atoms with Crippen LogP contribution in [0.3, 0.4) is 0 Å². The SMILES string of the molecule is CCOC(=O)[C@@H](OC(C)(C)C)c1c(C)cc2nc(-c3ccc4c(c3)c(C3CCC3)nn4C)sc2c1-c1ccc(Cl)cc1.CCOC(=O)[C@@H](OC(C)(C)C)c1c(C)cc2nc(-c3ccc4c(c3)c(C3CN(C5COC5)C3)nn4C)sc2c1-c1ccc(Cl)cc1.Cc1cc2nc(-c3ccc4c(c3)c(C3CN(C5COC5)C3)nn4C)sc2c(-c2ccc(Cl)cc2)c1[C@H](OC(C)(C)C)C(=O)O. The molecular formula is C104H110Cl3N11O11S3. The molecule has 10 heterocycles. The highest BCUT2D eigenvalue weighted by Gasteiger charge is 2.43. The molecule has 0 unspecified atom stereocenters. The Labute approximate surface area is 795 Å². The first-order chi connectivity index (χ1) is 63.0. The number of hydrogen-bond donors (Lipinski definition) is 1. The Morgan fingerprint density at radius 1 is 0.424 bits per heavy atom. The molecule has 20 rings (SSSR count). The van der Waals surface area contributed by atoms with Gasteiger partial charge in [0.05, 0.1) is 133 Å². The molecule has 1 N–H and O–H groups in total. The second kappa shape index (κ2) is 37.0. The van der Waals surface area contributed by atoms with Crippen molar-refractivity contribution in [1.82, 2.24) is 54.1 Å². The van der Waals surface area contributed by atoms with Crippen LogP contribution in [0.25, 0.3) is 128 Å². The standard InChI is InChI=1S/C36H39ClN4O4S.C34H35ClN4O4S.C34H36ClN3O3S/c1-7-44-35(42)32(45-36(3,4)5)29-20(2)14-27-33(30(29)21-8-11-24(37)12-9-21)46-34(38-27)22-10-13-28-26(15-22)31(39-40(28)6)23-16-41(17-23)25-18-43-19-25;1-18-12-25-31(28(19-6-9-22(35)10-7-19)27(18)30(33(40)41)43-34(2,3)4)44-32(36-25)20-8-11-26-24(13-20)29(37-38(26)5)21-14-39(15-21)23-16-42-17-23;1-7-40-33(39)30(41-34(3,4)5)27-19(2)17-25-31(28(27)20-11-14-23(35)15-12-20)42-32(36-25)22-13-16-26-24(18-22)29(37-38(26)6)21-9-8-10-21/h8-15,23,25,32H,7,16-19H2,1-6H3;6-13,21,23,30H,14-17H2,1-5H3,(H,40,41);11-18,21,30H,7-10H2,1-6H3/t32-;2*30-/m000/s1. The number of carboxylic acid groups (broad SMARTS) is 1. The molecule has 0 bridgehead atoms. The predicted octanol–water partition coefficient (Wildman–Crippen LogP) is 24.1. The molecule has 0 radical (unpaired) electrons. The average molecular weight is 1890 g/mol. The van der Waals surface area contributed by atoms with Crippen LogP contribution in [0.5, 0.6) is 0 Å². The van der Waals surface area contributed by atoms with Gasteiger partial charge in [-0.2, -0.15) is 15.3 Å². The molecule has 4 saturated heterocycles. The van der Waals surface area contributed by atoms with Gasteiger partial charge in [-0.05, 0) is 252 Å². The summed E-state index contributed by atoms with van der Waals surface area (Å²) in [5.41, 5.74) is 20.9. The summed E-state index contributed by atoms with van der Waals surface area (Å²) in [4.78, 5) is 60.0. The van der Waals surface area contributed by atoms with E-state index in [2.05, 4.69) is 76.5 Å². The topological polar surface area (TPSA) is 235 Å². The fraction of sp³-hybridized carbons (Fsp3) is 0.394. The van der Waals surface area contributed by atoms with Crippen molar-refractivity contribution >= 4 is 150 Å². The number of halogens is 3. The zero-order valence-electron chi connectivity index (χ0n) is 77.5. The number of aliphatic carboxylic acids is 1. The Morgan fingerprint density at radius 3 is 0.977 bits per heavy atom. The first kappa shape index (κ1) is 92.5. The van der Waals surface area contributed by atoms with Crippen LogP contribution < -0.4 is 0 Å². The van der Waals surface area contributed by atoms with Crippen LogP contribution in [0.1, 0.15) is 182 Å². The monoisotopic (exact) mass is 1890 g/mol. The van der Waals surface area contributed by atoms with Crippen molar-refractivity contribution in [2.24, 2.45) is 21.1 Å². The molecule has 0 spiro atoms. The number of carbonyl (C=O) groups is 3. The minimum atomic E-state index is -1.15. The molecule has 5 aliphatic rings. The second-order valence-corrected chi connectivity index (χ2v) is 42.6. The van der Waals surface area contributed by atoms with Crippen LogP contribution in [0.15, 0.2) is 146 Å². The van der Waals surface area contributed by atoms with Gasteiger partial charge in [0.15, 0.2) is 18.3 Å². The van der Waals surface area contributed by atoms with Crippen molar-refractivity contribution in [3.8, 4) is 65.1 Å². The molecule has 15 aromatic rings. The van der Waals surface area contributed by atoms with Crippen molar-refractivity contribution in [3.05, 3.63) is 211 Å². The number of likely N-dealkylation sites (tertiary alicyclic amines) is 2. The summed E-state index contributed by atoms with van der Waals surface area (Å²) in [6, 6.07) is 49.6. The van der Waals surface area contributed by atoms with E-state index >= 15 is 0 Å². The number of rotatable bonds is 22. The van der Waals surface area contributed by atoms with Gasteiger partial charge in [0, 0.05) is 146 Å². The molecule has 28 heteroatoms. The zero-order valence-corrected chi connectivity index (χ0v) is 82.2. The number of carboxylic acids is 1. The highest BCUT2D eigenvalue weighted by molar-refractivity contribution is 7.23. The van der Waals surface area contributed by atoms with Crippen LogP contribution in [0.4, 0.5) is 0 Å². The number of thiazole rings is 3. The van der Waals surface area contributed by atoms with E-state index < -0.39 is 53.0 Å². The van der Waals surface area contributed by atoms with Crippen LogP contribution in [-0.2, 0) is 68.7 Å². The van der Waals surface area contributed by atoms with Crippen LogP contribution in [0.2, 0.25) is 15.1 Å². The Balaban J connectivity index is 0.000000133. The van der Waals surface area contributed by atoms with Gasteiger partial charge in [-0.15, -0.1) is 34.0 Å². The van der Waals surface area contributed by atoms with E-state index in [1.165, 1.54) is 35.7 Å². The number of carbonyl (C=O) groups excluding carboxylic acids is 2. The van der Waals surface area contributed by atoms with E-state index in [1.54, 1.807) is 34.0 Å². The maximum absolute atomic E-state index is 13.5.